The second-order valence-corrected chi connectivity index (χ2v) is 7.01. The van der Waals surface area contributed by atoms with Crippen molar-refractivity contribution >= 4 is 23.2 Å². The minimum absolute atomic E-state index is 0.0361. The number of rotatable bonds is 7. The van der Waals surface area contributed by atoms with Gasteiger partial charge in [-0.2, -0.15) is 0 Å². The molecule has 0 radical (unpaired) electrons. The summed E-state index contributed by atoms with van der Waals surface area (Å²) in [5.74, 6) is -0.674. The molecule has 3 N–H and O–H groups in total. The molecule has 0 fully saturated rings. The molecule has 0 unspecified atom stereocenters. The Morgan fingerprint density at radius 1 is 1.00 bits per heavy atom. The van der Waals surface area contributed by atoms with Crippen LogP contribution in [-0.4, -0.2) is 53.7 Å². The molecule has 2 rings (SSSR count). The lowest BCUT2D eigenvalue weighted by Gasteiger charge is -2.23. The van der Waals surface area contributed by atoms with Crippen LogP contribution in [0.4, 0.5) is 11.4 Å². The summed E-state index contributed by atoms with van der Waals surface area (Å²) in [5, 5.41) is 5.32. The highest BCUT2D eigenvalue weighted by atomic mass is 16.5. The first-order chi connectivity index (χ1) is 13.3. The molecule has 0 aliphatic carbocycles. The Hall–Kier alpha value is -3.06. The summed E-state index contributed by atoms with van der Waals surface area (Å²) in [5.41, 5.74) is 2.75. The standard InChI is InChI=1S/C21H28N4O3/c1-24(2)17-10-6-15(7-11-17)19(25(3)4)14-22-20(26)21(27)23-16-8-12-18(28-5)13-9-16/h6-13,19H,14H2,1-5H3,(H,22,26)(H,23,27)/p+1/t19-/m1/s1. The van der Waals surface area contributed by atoms with E-state index in [1.807, 2.05) is 45.2 Å². The number of anilines is 2. The van der Waals surface area contributed by atoms with Gasteiger partial charge in [0.25, 0.3) is 0 Å². The number of nitrogens with zero attached hydrogens (tertiary/aromatic N) is 1. The maximum atomic E-state index is 12.2. The molecule has 0 spiro atoms. The largest absolute Gasteiger partial charge is 0.497 e. The summed E-state index contributed by atoms with van der Waals surface area (Å²) in [7, 11) is 9.59. The third-order valence-electron chi connectivity index (χ3n) is 4.53. The van der Waals surface area contributed by atoms with Gasteiger partial charge in [0.2, 0.25) is 0 Å². The van der Waals surface area contributed by atoms with Crippen LogP contribution in [0.1, 0.15) is 11.6 Å². The Morgan fingerprint density at radius 2 is 1.61 bits per heavy atom. The van der Waals surface area contributed by atoms with Crippen LogP contribution in [0.25, 0.3) is 0 Å². The quantitative estimate of drug-likeness (QED) is 0.614. The van der Waals surface area contributed by atoms with Crippen LogP contribution in [0.3, 0.4) is 0 Å². The number of carbonyl (C=O) groups is 2. The maximum absolute atomic E-state index is 12.2. The van der Waals surface area contributed by atoms with Gasteiger partial charge in [-0.1, -0.05) is 12.1 Å². The SMILES string of the molecule is COc1ccc(NC(=O)C(=O)NC[C@H](c2ccc(N(C)C)cc2)[NH+](C)C)cc1. The van der Waals surface area contributed by atoms with E-state index < -0.39 is 11.8 Å². The van der Waals surface area contributed by atoms with Crippen molar-refractivity contribution in [3.05, 3.63) is 54.1 Å². The van der Waals surface area contributed by atoms with Crippen LogP contribution in [0, 0.1) is 0 Å². The number of hydrogen-bond acceptors (Lipinski definition) is 4. The molecule has 150 valence electrons. The molecule has 2 aromatic rings. The van der Waals surface area contributed by atoms with Gasteiger partial charge in [0.15, 0.2) is 0 Å². The molecule has 0 aromatic heterocycles. The molecule has 0 aliphatic rings. The number of likely N-dealkylation sites (N-methyl/N-ethyl adjacent to an activating group) is 1. The van der Waals surface area contributed by atoms with Gasteiger partial charge < -0.3 is 25.2 Å². The van der Waals surface area contributed by atoms with Crippen molar-refractivity contribution in [3.63, 3.8) is 0 Å². The highest BCUT2D eigenvalue weighted by Gasteiger charge is 2.21. The molecular formula is C21H29N4O3+. The topological polar surface area (TPSA) is 75.1 Å². The fourth-order valence-corrected chi connectivity index (χ4v) is 2.80. The first-order valence-corrected chi connectivity index (χ1v) is 9.12. The van der Waals surface area contributed by atoms with Crippen molar-refractivity contribution in [2.75, 3.05) is 52.1 Å². The predicted molar refractivity (Wildman–Crippen MR) is 111 cm³/mol. The van der Waals surface area contributed by atoms with Gasteiger partial charge in [0, 0.05) is 31.0 Å². The first kappa shape index (κ1) is 21.2. The van der Waals surface area contributed by atoms with Gasteiger partial charge in [-0.3, -0.25) is 9.59 Å². The maximum Gasteiger partial charge on any atom is 0.313 e. The Kier molecular flexibility index (Phi) is 7.40. The number of quaternary nitrogens is 1. The Bertz CT molecular complexity index is 786. The van der Waals surface area contributed by atoms with Gasteiger partial charge in [0.05, 0.1) is 27.7 Å². The lowest BCUT2D eigenvalue weighted by molar-refractivity contribution is -0.890. The fourth-order valence-electron chi connectivity index (χ4n) is 2.80. The minimum Gasteiger partial charge on any atom is -0.497 e. The van der Waals surface area contributed by atoms with Crippen molar-refractivity contribution in [3.8, 4) is 5.75 Å². The zero-order valence-corrected chi connectivity index (χ0v) is 17.1. The second kappa shape index (κ2) is 9.75. The van der Waals surface area contributed by atoms with Crippen LogP contribution in [0.2, 0.25) is 0 Å². The summed E-state index contributed by atoms with van der Waals surface area (Å²) in [6.45, 7) is 0.360. The van der Waals surface area contributed by atoms with Gasteiger partial charge >= 0.3 is 11.8 Å². The smallest absolute Gasteiger partial charge is 0.313 e. The Labute approximate surface area is 166 Å². The summed E-state index contributed by atoms with van der Waals surface area (Å²) in [6.07, 6.45) is 0. The Balaban J connectivity index is 1.96. The average molecular weight is 385 g/mol. The number of ether oxygens (including phenoxy) is 1. The number of benzene rings is 2. The van der Waals surface area contributed by atoms with Crippen molar-refractivity contribution in [2.45, 2.75) is 6.04 Å². The molecular weight excluding hydrogens is 356 g/mol. The van der Waals surface area contributed by atoms with Crippen molar-refractivity contribution in [2.24, 2.45) is 0 Å². The van der Waals surface area contributed by atoms with Crippen LogP contribution in [0.5, 0.6) is 5.75 Å². The number of carbonyl (C=O) groups excluding carboxylic acids is 2. The van der Waals surface area contributed by atoms with Crippen LogP contribution in [-0.2, 0) is 9.59 Å². The van der Waals surface area contributed by atoms with Crippen LogP contribution in [0.15, 0.2) is 48.5 Å². The zero-order valence-electron chi connectivity index (χ0n) is 17.1. The number of methoxy groups -OCH3 is 1. The highest BCUT2D eigenvalue weighted by molar-refractivity contribution is 6.39. The summed E-state index contributed by atoms with van der Waals surface area (Å²) in [6, 6.07) is 15.0. The summed E-state index contributed by atoms with van der Waals surface area (Å²) < 4.78 is 5.07. The number of nitrogens with one attached hydrogen (secondary N) is 3. The van der Waals surface area contributed by atoms with E-state index >= 15 is 0 Å². The zero-order chi connectivity index (χ0) is 20.7. The lowest BCUT2D eigenvalue weighted by atomic mass is 10.1. The van der Waals surface area contributed by atoms with Gasteiger partial charge in [0.1, 0.15) is 11.8 Å². The van der Waals surface area contributed by atoms with Gasteiger partial charge in [-0.25, -0.2) is 0 Å². The molecule has 1 atom stereocenters. The van der Waals surface area contributed by atoms with Crippen molar-refractivity contribution in [1.29, 1.82) is 0 Å². The van der Waals surface area contributed by atoms with E-state index in [9.17, 15) is 9.59 Å². The molecule has 28 heavy (non-hydrogen) atoms. The highest BCUT2D eigenvalue weighted by Crippen LogP contribution is 2.16. The van der Waals surface area contributed by atoms with Gasteiger partial charge in [-0.05, 0) is 36.4 Å². The number of hydrogen-bond donors (Lipinski definition) is 3. The molecule has 0 heterocycles. The molecule has 2 aromatic carbocycles. The summed E-state index contributed by atoms with van der Waals surface area (Å²) in [4.78, 5) is 27.5. The molecule has 0 aliphatic heterocycles. The Morgan fingerprint density at radius 3 is 2.11 bits per heavy atom. The molecule has 7 heteroatoms. The minimum atomic E-state index is -0.694. The fraction of sp³-hybridized carbons (Fsp3) is 0.333. The molecule has 7 nitrogen and oxygen atoms in total. The first-order valence-electron chi connectivity index (χ1n) is 9.12. The third kappa shape index (κ3) is 5.72. The molecule has 2 amide bonds. The second-order valence-electron chi connectivity index (χ2n) is 7.01. The van der Waals surface area contributed by atoms with E-state index in [4.69, 9.17) is 4.74 Å². The molecule has 0 saturated heterocycles. The van der Waals surface area contributed by atoms with Crippen molar-refractivity contribution < 1.29 is 19.2 Å². The monoisotopic (exact) mass is 385 g/mol. The molecule has 0 saturated carbocycles. The normalized spacial score (nSPS) is 11.6. The summed E-state index contributed by atoms with van der Waals surface area (Å²) >= 11 is 0. The van der Waals surface area contributed by atoms with Crippen molar-refractivity contribution in [1.82, 2.24) is 5.32 Å². The predicted octanol–water partition coefficient (Wildman–Crippen LogP) is 0.702. The van der Waals surface area contributed by atoms with E-state index in [1.54, 1.807) is 31.4 Å². The average Bonchev–Trinajstić information content (AvgIpc) is 2.68. The molecule has 0 bridgehead atoms. The van der Waals surface area contributed by atoms with E-state index in [1.165, 1.54) is 0 Å². The van der Waals surface area contributed by atoms with Crippen LogP contribution >= 0.6 is 0 Å². The van der Waals surface area contributed by atoms with E-state index in [2.05, 4.69) is 22.8 Å². The van der Waals surface area contributed by atoms with E-state index in [0.29, 0.717) is 18.0 Å². The van der Waals surface area contributed by atoms with Crippen LogP contribution < -0.4 is 25.2 Å². The van der Waals surface area contributed by atoms with Gasteiger partial charge in [-0.15, -0.1) is 0 Å². The van der Waals surface area contributed by atoms with E-state index in [0.717, 1.165) is 16.2 Å². The third-order valence-corrected chi connectivity index (χ3v) is 4.53. The lowest BCUT2D eigenvalue weighted by Crippen LogP contribution is -3.07. The van der Waals surface area contributed by atoms with E-state index in [-0.39, 0.29) is 6.04 Å². The number of amides is 2.